The molecule has 0 unspecified atom stereocenters. The van der Waals surface area contributed by atoms with Crippen LogP contribution in [0.3, 0.4) is 0 Å². The van der Waals surface area contributed by atoms with E-state index in [1.54, 1.807) is 0 Å². The maximum atomic E-state index is 12.6. The Balaban J connectivity index is 2.87. The highest BCUT2D eigenvalue weighted by Gasteiger charge is 2.41. The average Bonchev–Trinajstić information content (AvgIpc) is 2.37. The SMILES string of the molecule is C/C=C/[C@H]1CC[C@H](O[Si](C)(C)C(C)(C)C)CN1C(=O)OC(C)(C)C. The lowest BCUT2D eigenvalue weighted by molar-refractivity contribution is -0.00353. The molecule has 1 heterocycles. The van der Waals surface area contributed by atoms with Crippen molar-refractivity contribution in [3.63, 3.8) is 0 Å². The van der Waals surface area contributed by atoms with Gasteiger partial charge in [0.1, 0.15) is 5.60 Å². The van der Waals surface area contributed by atoms with Crippen LogP contribution in [0.25, 0.3) is 0 Å². The minimum Gasteiger partial charge on any atom is -0.444 e. The topological polar surface area (TPSA) is 38.8 Å². The highest BCUT2D eigenvalue weighted by atomic mass is 28.4. The molecule has 0 bridgehead atoms. The molecule has 1 aliphatic heterocycles. The Morgan fingerprint density at radius 2 is 1.71 bits per heavy atom. The lowest BCUT2D eigenvalue weighted by Gasteiger charge is -2.44. The van der Waals surface area contributed by atoms with Gasteiger partial charge in [0.25, 0.3) is 0 Å². The van der Waals surface area contributed by atoms with E-state index in [4.69, 9.17) is 9.16 Å². The Morgan fingerprint density at radius 3 is 2.17 bits per heavy atom. The summed E-state index contributed by atoms with van der Waals surface area (Å²) in [7, 11) is -1.84. The van der Waals surface area contributed by atoms with Crippen molar-refractivity contribution in [2.45, 2.75) is 97.2 Å². The van der Waals surface area contributed by atoms with E-state index in [9.17, 15) is 4.79 Å². The molecule has 0 aromatic heterocycles. The Hall–Kier alpha value is -0.813. The Labute approximate surface area is 149 Å². The summed E-state index contributed by atoms with van der Waals surface area (Å²) in [5.74, 6) is 0. The van der Waals surface area contributed by atoms with Gasteiger partial charge in [0, 0.05) is 6.54 Å². The molecular weight excluding hydrogens is 318 g/mol. The molecule has 0 saturated carbocycles. The van der Waals surface area contributed by atoms with Crippen molar-refractivity contribution in [3.05, 3.63) is 12.2 Å². The average molecular weight is 356 g/mol. The number of amides is 1. The van der Waals surface area contributed by atoms with Crippen LogP contribution in [0.5, 0.6) is 0 Å². The summed E-state index contributed by atoms with van der Waals surface area (Å²) in [5.41, 5.74) is -0.481. The van der Waals surface area contributed by atoms with Crippen LogP contribution in [-0.4, -0.2) is 43.6 Å². The fraction of sp³-hybridized carbons (Fsp3) is 0.842. The molecule has 0 radical (unpaired) electrons. The van der Waals surface area contributed by atoms with Crippen LogP contribution >= 0.6 is 0 Å². The van der Waals surface area contributed by atoms with Crippen molar-refractivity contribution in [3.8, 4) is 0 Å². The molecule has 1 aliphatic rings. The van der Waals surface area contributed by atoms with Gasteiger partial charge in [-0.2, -0.15) is 0 Å². The van der Waals surface area contributed by atoms with E-state index in [0.717, 1.165) is 12.8 Å². The number of carbonyl (C=O) groups excluding carboxylic acids is 1. The van der Waals surface area contributed by atoms with Gasteiger partial charge in [0.05, 0.1) is 12.1 Å². The molecule has 2 atom stereocenters. The van der Waals surface area contributed by atoms with E-state index in [-0.39, 0.29) is 23.3 Å². The zero-order valence-corrected chi connectivity index (χ0v) is 18.1. The second kappa shape index (κ2) is 7.61. The smallest absolute Gasteiger partial charge is 0.410 e. The van der Waals surface area contributed by atoms with E-state index < -0.39 is 13.9 Å². The van der Waals surface area contributed by atoms with Gasteiger partial charge in [-0.25, -0.2) is 4.79 Å². The first-order valence-corrected chi connectivity index (χ1v) is 12.0. The molecule has 4 nitrogen and oxygen atoms in total. The Bertz CT molecular complexity index is 460. The summed E-state index contributed by atoms with van der Waals surface area (Å²) in [6.45, 7) is 19.6. The summed E-state index contributed by atoms with van der Waals surface area (Å²) in [4.78, 5) is 14.5. The number of hydrogen-bond donors (Lipinski definition) is 0. The number of hydrogen-bond acceptors (Lipinski definition) is 3. The Kier molecular flexibility index (Phi) is 6.73. The highest BCUT2D eigenvalue weighted by molar-refractivity contribution is 6.74. The molecule has 5 heteroatoms. The van der Waals surface area contributed by atoms with Gasteiger partial charge in [0.15, 0.2) is 8.32 Å². The van der Waals surface area contributed by atoms with E-state index in [2.05, 4.69) is 39.9 Å². The summed E-state index contributed by atoms with van der Waals surface area (Å²) in [5, 5.41) is 0.171. The first-order valence-electron chi connectivity index (χ1n) is 9.07. The molecule has 140 valence electrons. The van der Waals surface area contributed by atoms with E-state index in [1.807, 2.05) is 38.7 Å². The zero-order chi connectivity index (χ0) is 18.8. The van der Waals surface area contributed by atoms with Gasteiger partial charge >= 0.3 is 6.09 Å². The van der Waals surface area contributed by atoms with Gasteiger partial charge < -0.3 is 9.16 Å². The number of ether oxygens (including phenoxy) is 1. The lowest BCUT2D eigenvalue weighted by atomic mass is 10.0. The van der Waals surface area contributed by atoms with E-state index >= 15 is 0 Å². The fourth-order valence-electron chi connectivity index (χ4n) is 2.60. The molecule has 0 aliphatic carbocycles. The van der Waals surface area contributed by atoms with Crippen molar-refractivity contribution in [1.29, 1.82) is 0 Å². The first kappa shape index (κ1) is 21.2. The standard InChI is InChI=1S/C19H37NO3Si/c1-10-11-15-12-13-16(23-24(8,9)19(5,6)7)14-20(15)17(21)22-18(2,3)4/h10-11,15-16H,12-14H2,1-9H3/b11-10+/t15-,16-/m0/s1. The quantitative estimate of drug-likeness (QED) is 0.506. The summed E-state index contributed by atoms with van der Waals surface area (Å²) >= 11 is 0. The second-order valence-electron chi connectivity index (χ2n) is 9.30. The van der Waals surface area contributed by atoms with Gasteiger partial charge in [0.2, 0.25) is 0 Å². The molecular formula is C19H37NO3Si. The van der Waals surface area contributed by atoms with Gasteiger partial charge in [-0.1, -0.05) is 32.9 Å². The van der Waals surface area contributed by atoms with Crippen LogP contribution in [0, 0.1) is 0 Å². The molecule has 0 spiro atoms. The molecule has 1 amide bonds. The van der Waals surface area contributed by atoms with Crippen molar-refractivity contribution in [2.75, 3.05) is 6.54 Å². The van der Waals surface area contributed by atoms with Gasteiger partial charge in [-0.05, 0) is 58.7 Å². The summed E-state index contributed by atoms with van der Waals surface area (Å²) in [6.07, 6.45) is 5.86. The van der Waals surface area contributed by atoms with Crippen LogP contribution in [0.15, 0.2) is 12.2 Å². The zero-order valence-electron chi connectivity index (χ0n) is 17.1. The van der Waals surface area contributed by atoms with Crippen molar-refractivity contribution < 1.29 is 14.0 Å². The monoisotopic (exact) mass is 355 g/mol. The highest BCUT2D eigenvalue weighted by Crippen LogP contribution is 2.38. The first-order chi connectivity index (χ1) is 10.8. The number of allylic oxidation sites excluding steroid dienone is 1. The minimum absolute atomic E-state index is 0.0971. The van der Waals surface area contributed by atoms with E-state index in [0.29, 0.717) is 6.54 Å². The summed E-state index contributed by atoms with van der Waals surface area (Å²) in [6, 6.07) is 0.101. The minimum atomic E-state index is -1.84. The van der Waals surface area contributed by atoms with E-state index in [1.165, 1.54) is 0 Å². The molecule has 1 fully saturated rings. The number of likely N-dealkylation sites (tertiary alicyclic amines) is 1. The molecule has 0 N–H and O–H groups in total. The van der Waals surface area contributed by atoms with Crippen LogP contribution in [-0.2, 0) is 9.16 Å². The molecule has 0 aromatic carbocycles. The normalized spacial score (nSPS) is 23.6. The van der Waals surface area contributed by atoms with Crippen LogP contribution in [0.4, 0.5) is 4.79 Å². The third-order valence-electron chi connectivity index (χ3n) is 4.90. The van der Waals surface area contributed by atoms with Crippen LogP contribution in [0.2, 0.25) is 18.1 Å². The molecule has 0 aromatic rings. The molecule has 24 heavy (non-hydrogen) atoms. The number of rotatable bonds is 3. The molecule has 1 rings (SSSR count). The van der Waals surface area contributed by atoms with Gasteiger partial charge in [-0.3, -0.25) is 4.90 Å². The second-order valence-corrected chi connectivity index (χ2v) is 14.1. The van der Waals surface area contributed by atoms with Gasteiger partial charge in [-0.15, -0.1) is 0 Å². The number of carbonyl (C=O) groups is 1. The third-order valence-corrected chi connectivity index (χ3v) is 9.43. The summed E-state index contributed by atoms with van der Waals surface area (Å²) < 4.78 is 12.2. The fourth-order valence-corrected chi connectivity index (χ4v) is 3.98. The maximum absolute atomic E-state index is 12.6. The molecule has 1 saturated heterocycles. The van der Waals surface area contributed by atoms with Crippen molar-refractivity contribution >= 4 is 14.4 Å². The maximum Gasteiger partial charge on any atom is 0.410 e. The number of nitrogens with zero attached hydrogens (tertiary/aromatic N) is 1. The largest absolute Gasteiger partial charge is 0.444 e. The number of piperidine rings is 1. The van der Waals surface area contributed by atoms with Crippen molar-refractivity contribution in [2.24, 2.45) is 0 Å². The van der Waals surface area contributed by atoms with Crippen molar-refractivity contribution in [1.82, 2.24) is 4.90 Å². The predicted molar refractivity (Wildman–Crippen MR) is 103 cm³/mol. The third kappa shape index (κ3) is 5.92. The van der Waals surface area contributed by atoms with Crippen LogP contribution in [0.1, 0.15) is 61.3 Å². The Morgan fingerprint density at radius 1 is 1.12 bits per heavy atom. The predicted octanol–water partition coefficient (Wildman–Crippen LogP) is 5.35. The van der Waals surface area contributed by atoms with Crippen LogP contribution < -0.4 is 0 Å². The lowest BCUT2D eigenvalue weighted by Crippen LogP contribution is -2.53.